The fourth-order valence-corrected chi connectivity index (χ4v) is 28.6. The van der Waals surface area contributed by atoms with E-state index in [1.54, 1.807) is 0 Å². The number of ether oxygens (including phenoxy) is 4. The molecular formula is C36H82O9Si4. The minimum atomic E-state index is -3.12. The fraction of sp³-hybridized carbons (Fsp3) is 1.00. The van der Waals surface area contributed by atoms with Crippen molar-refractivity contribution in [1.29, 1.82) is 0 Å². The van der Waals surface area contributed by atoms with Gasteiger partial charge >= 0.3 is 34.2 Å². The van der Waals surface area contributed by atoms with Crippen molar-refractivity contribution in [3.63, 3.8) is 0 Å². The van der Waals surface area contributed by atoms with Crippen molar-refractivity contribution in [2.75, 3.05) is 66.1 Å². The average Bonchev–Trinajstić information content (AvgIpc) is 3.05. The predicted molar refractivity (Wildman–Crippen MR) is 214 cm³/mol. The second-order valence-corrected chi connectivity index (χ2v) is 30.6. The lowest BCUT2D eigenvalue weighted by molar-refractivity contribution is 0.118. The van der Waals surface area contributed by atoms with Crippen LogP contribution in [0.2, 0.25) is 46.3 Å². The maximum absolute atomic E-state index is 7.97. The zero-order valence-corrected chi connectivity index (χ0v) is 38.7. The zero-order chi connectivity index (χ0) is 37.4. The van der Waals surface area contributed by atoms with Gasteiger partial charge in [-0.15, -0.1) is 0 Å². The van der Waals surface area contributed by atoms with Gasteiger partial charge in [0.05, 0.1) is 0 Å². The first-order chi connectivity index (χ1) is 23.3. The van der Waals surface area contributed by atoms with E-state index in [1.807, 2.05) is 0 Å². The molecule has 0 N–H and O–H groups in total. The molecule has 4 atom stereocenters. The third-order valence-electron chi connectivity index (χ3n) is 9.11. The van der Waals surface area contributed by atoms with Crippen molar-refractivity contribution in [3.05, 3.63) is 0 Å². The van der Waals surface area contributed by atoms with E-state index in [2.05, 4.69) is 96.9 Å². The molecule has 0 spiro atoms. The third kappa shape index (κ3) is 17.0. The summed E-state index contributed by atoms with van der Waals surface area (Å²) >= 11 is 0. The maximum atomic E-state index is 7.97. The summed E-state index contributed by atoms with van der Waals surface area (Å²) in [6, 6.07) is 2.93. The number of rotatable bonds is 34. The van der Waals surface area contributed by atoms with Crippen LogP contribution in [0.15, 0.2) is 0 Å². The molecule has 0 amide bonds. The van der Waals surface area contributed by atoms with E-state index in [0.717, 1.165) is 51.0 Å². The highest BCUT2D eigenvalue weighted by atomic mass is 28.5. The lowest BCUT2D eigenvalue weighted by Gasteiger charge is -2.51. The van der Waals surface area contributed by atoms with Gasteiger partial charge in [0.2, 0.25) is 0 Å². The van der Waals surface area contributed by atoms with Crippen LogP contribution in [-0.4, -0.2) is 100 Å². The van der Waals surface area contributed by atoms with Crippen LogP contribution in [0.3, 0.4) is 0 Å². The van der Waals surface area contributed by atoms with Crippen LogP contribution in [0.5, 0.6) is 0 Å². The molecule has 0 aliphatic rings. The third-order valence-corrected chi connectivity index (χ3v) is 29.6. The second kappa shape index (κ2) is 27.1. The quantitative estimate of drug-likeness (QED) is 0.0469. The molecule has 0 rings (SSSR count). The lowest BCUT2D eigenvalue weighted by Crippen LogP contribution is -2.67. The van der Waals surface area contributed by atoms with E-state index in [0.29, 0.717) is 64.9 Å². The highest BCUT2D eigenvalue weighted by molar-refractivity contribution is 6.91. The fourth-order valence-electron chi connectivity index (χ4n) is 5.96. The first-order valence-corrected chi connectivity index (χ1v) is 28.4. The Balaban J connectivity index is 7.47. The molecule has 0 aromatic rings. The smallest absolute Gasteiger partial charge is 0.334 e. The van der Waals surface area contributed by atoms with Crippen LogP contribution in [0.4, 0.5) is 0 Å². The molecule has 0 aliphatic heterocycles. The predicted octanol–water partition coefficient (Wildman–Crippen LogP) is 10.2. The maximum Gasteiger partial charge on any atom is 0.334 e. The molecule has 296 valence electrons. The molecule has 13 heteroatoms. The summed E-state index contributed by atoms with van der Waals surface area (Å²) in [6.45, 7) is 37.3. The Labute approximate surface area is 308 Å². The Morgan fingerprint density at radius 2 is 0.551 bits per heavy atom. The minimum absolute atomic E-state index is 0.126. The van der Waals surface area contributed by atoms with Gasteiger partial charge in [-0.25, -0.2) is 0 Å². The van der Waals surface area contributed by atoms with Gasteiger partial charge in [-0.2, -0.15) is 0 Å². The van der Waals surface area contributed by atoms with Crippen LogP contribution in [-0.2, 0) is 40.1 Å². The molecule has 0 fully saturated rings. The summed E-state index contributed by atoms with van der Waals surface area (Å²) in [5.74, 6) is 0. The molecule has 0 saturated heterocycles. The molecule has 0 radical (unpaired) electrons. The monoisotopic (exact) mass is 771 g/mol. The summed E-state index contributed by atoms with van der Waals surface area (Å²) in [4.78, 5) is 0. The molecule has 4 unspecified atom stereocenters. The summed E-state index contributed by atoms with van der Waals surface area (Å²) in [6.07, 6.45) is 3.91. The second-order valence-electron chi connectivity index (χ2n) is 14.5. The Kier molecular flexibility index (Phi) is 27.4. The van der Waals surface area contributed by atoms with Gasteiger partial charge in [0.1, 0.15) is 0 Å². The van der Waals surface area contributed by atoms with Crippen LogP contribution in [0, 0.1) is 0 Å². The van der Waals surface area contributed by atoms with E-state index >= 15 is 0 Å². The topological polar surface area (TPSA) is 83.1 Å². The summed E-state index contributed by atoms with van der Waals surface area (Å²) < 4.78 is 61.7. The normalized spacial score (nSPS) is 17.5. The van der Waals surface area contributed by atoms with Gasteiger partial charge in [-0.1, -0.05) is 83.1 Å². The van der Waals surface area contributed by atoms with Gasteiger partial charge in [-0.3, -0.25) is 0 Å². The largest absolute Gasteiger partial charge is 0.415 e. The van der Waals surface area contributed by atoms with Crippen molar-refractivity contribution in [1.82, 2.24) is 0 Å². The van der Waals surface area contributed by atoms with Crippen LogP contribution in [0.1, 0.15) is 123 Å². The molecule has 0 aromatic heterocycles. The molecule has 0 heterocycles. The van der Waals surface area contributed by atoms with E-state index < -0.39 is 34.2 Å². The lowest BCUT2D eigenvalue weighted by atomic mass is 10.5. The molecule has 0 saturated carbocycles. The Hall–Kier alpha value is 0.508. The van der Waals surface area contributed by atoms with Gasteiger partial charge < -0.3 is 40.1 Å². The summed E-state index contributed by atoms with van der Waals surface area (Å²) in [7, 11) is -11.9. The van der Waals surface area contributed by atoms with Gasteiger partial charge in [-0.05, 0) is 61.7 Å². The highest BCUT2D eigenvalue weighted by Gasteiger charge is 2.60. The molecule has 9 nitrogen and oxygen atoms in total. The summed E-state index contributed by atoms with van der Waals surface area (Å²) in [5, 5.41) is 0. The average molecular weight is 771 g/mol. The van der Waals surface area contributed by atoms with Gasteiger partial charge in [0.15, 0.2) is 0 Å². The van der Waals surface area contributed by atoms with Gasteiger partial charge in [0.25, 0.3) is 0 Å². The van der Waals surface area contributed by atoms with Crippen LogP contribution >= 0.6 is 0 Å². The standard InChI is InChI=1S/C36H82O9Si4/c1-15-21-37-25-29-46(33(7)8,41-19-5)43-48(35(11)12,31-27-39-23-17-3)45-49(36(13)14,32-28-40-24-18-4)44-47(34(9)10,42-20-6)30-26-38-22-16-2/h33-36H,15-32H2,1-14H3. The van der Waals surface area contributed by atoms with Crippen LogP contribution in [0.25, 0.3) is 0 Å². The van der Waals surface area contributed by atoms with Crippen LogP contribution < -0.4 is 0 Å². The Morgan fingerprint density at radius 3 is 0.755 bits per heavy atom. The van der Waals surface area contributed by atoms with E-state index in [9.17, 15) is 0 Å². The molecule has 0 aliphatic carbocycles. The molecule has 0 aromatic carbocycles. The molecular weight excluding hydrogens is 689 g/mol. The first kappa shape index (κ1) is 49.5. The van der Waals surface area contributed by atoms with E-state index in [4.69, 9.17) is 40.1 Å². The van der Waals surface area contributed by atoms with Gasteiger partial charge in [0, 0.05) is 90.2 Å². The molecule has 0 bridgehead atoms. The number of hydrogen-bond acceptors (Lipinski definition) is 9. The Morgan fingerprint density at radius 1 is 0.327 bits per heavy atom. The first-order valence-electron chi connectivity index (χ1n) is 20.0. The summed E-state index contributed by atoms with van der Waals surface area (Å²) in [5.41, 5.74) is 0.661. The SMILES string of the molecule is CCCOCC[Si](OCC)(O[Si](CCOCCC)(O[Si](CCOCCC)(O[Si](CCOCCC)(OCC)C(C)C)C(C)C)C(C)C)C(C)C. The van der Waals surface area contributed by atoms with E-state index in [1.165, 1.54) is 0 Å². The minimum Gasteiger partial charge on any atom is -0.415 e. The van der Waals surface area contributed by atoms with E-state index in [-0.39, 0.29) is 22.2 Å². The molecule has 49 heavy (non-hydrogen) atoms. The van der Waals surface area contributed by atoms with Crippen molar-refractivity contribution < 1.29 is 40.1 Å². The van der Waals surface area contributed by atoms with Crippen molar-refractivity contribution >= 4 is 34.2 Å². The number of hydrogen-bond donors (Lipinski definition) is 0. The Bertz CT molecular complexity index is 736. The van der Waals surface area contributed by atoms with Crippen molar-refractivity contribution in [2.45, 2.75) is 169 Å². The zero-order valence-electron chi connectivity index (χ0n) is 34.7. The van der Waals surface area contributed by atoms with Crippen molar-refractivity contribution in [2.24, 2.45) is 0 Å². The van der Waals surface area contributed by atoms with Crippen molar-refractivity contribution in [3.8, 4) is 0 Å². The highest BCUT2D eigenvalue weighted by Crippen LogP contribution is 2.45.